The first-order valence-corrected chi connectivity index (χ1v) is 18.4. The van der Waals surface area contributed by atoms with Crippen LogP contribution in [0.15, 0.2) is 54.7 Å². The van der Waals surface area contributed by atoms with Gasteiger partial charge in [-0.2, -0.15) is 15.2 Å². The molecule has 3 saturated heterocycles. The molecule has 5 heterocycles. The molecule has 3 fully saturated rings. The highest BCUT2D eigenvalue weighted by molar-refractivity contribution is 6.36. The monoisotopic (exact) mass is 744 g/mol. The van der Waals surface area contributed by atoms with Gasteiger partial charge in [-0.05, 0) is 37.9 Å². The van der Waals surface area contributed by atoms with E-state index in [0.29, 0.717) is 66.4 Å². The maximum atomic E-state index is 16.9. The number of carbonyl (C=O) groups is 1. The zero-order valence-electron chi connectivity index (χ0n) is 30.0. The second-order valence-electron chi connectivity index (χ2n) is 14.2. The molecule has 7 rings (SSSR count). The Labute approximate surface area is 312 Å². The summed E-state index contributed by atoms with van der Waals surface area (Å²) in [5, 5.41) is 12.1. The average molecular weight is 745 g/mol. The van der Waals surface area contributed by atoms with Gasteiger partial charge in [0.05, 0.1) is 36.1 Å². The van der Waals surface area contributed by atoms with Gasteiger partial charge < -0.3 is 24.2 Å². The van der Waals surface area contributed by atoms with Crippen LogP contribution in [0.25, 0.3) is 32.9 Å². The van der Waals surface area contributed by atoms with Crippen LogP contribution in [-0.2, 0) is 9.53 Å². The molecule has 3 atom stereocenters. The van der Waals surface area contributed by atoms with E-state index < -0.39 is 23.6 Å². The van der Waals surface area contributed by atoms with Gasteiger partial charge in [-0.25, -0.2) is 8.78 Å². The number of pyridine rings is 1. The molecule has 0 saturated carbocycles. The van der Waals surface area contributed by atoms with Gasteiger partial charge in [-0.3, -0.25) is 14.7 Å². The molecule has 0 radical (unpaired) electrons. The van der Waals surface area contributed by atoms with E-state index in [1.54, 1.807) is 36.4 Å². The minimum absolute atomic E-state index is 0.0190. The largest absolute Gasteiger partial charge is 0.461 e. The minimum atomic E-state index is -0.937. The van der Waals surface area contributed by atoms with Crippen molar-refractivity contribution in [2.24, 2.45) is 0 Å². The van der Waals surface area contributed by atoms with Crippen LogP contribution >= 0.6 is 11.6 Å². The normalized spacial score (nSPS) is 22.0. The predicted octanol–water partition coefficient (Wildman–Crippen LogP) is 5.66. The summed E-state index contributed by atoms with van der Waals surface area (Å²) in [5.41, 5.74) is 0.163. The predicted molar refractivity (Wildman–Crippen MR) is 200 cm³/mol. The maximum Gasteiger partial charge on any atom is 0.319 e. The van der Waals surface area contributed by atoms with Crippen molar-refractivity contribution < 1.29 is 23.0 Å². The maximum absolute atomic E-state index is 16.9. The molecule has 14 heteroatoms. The van der Waals surface area contributed by atoms with Crippen molar-refractivity contribution in [3.05, 3.63) is 65.6 Å². The number of nitrogens with zero attached hydrogens (tertiary/aromatic N) is 8. The van der Waals surface area contributed by atoms with Crippen LogP contribution in [0.4, 0.5) is 14.6 Å². The Morgan fingerprint density at radius 2 is 2.02 bits per heavy atom. The number of hydrogen-bond acceptors (Lipinski definition) is 10. The molecule has 11 nitrogen and oxygen atoms in total. The number of hydrogen-bond donors (Lipinski definition) is 0. The first kappa shape index (κ1) is 36.9. The van der Waals surface area contributed by atoms with E-state index in [0.717, 1.165) is 31.3 Å². The minimum Gasteiger partial charge on any atom is -0.461 e. The highest BCUT2D eigenvalue weighted by Gasteiger charge is 2.49. The summed E-state index contributed by atoms with van der Waals surface area (Å²) in [7, 11) is 3.59. The van der Waals surface area contributed by atoms with Gasteiger partial charge in [0.1, 0.15) is 29.8 Å². The second-order valence-corrected chi connectivity index (χ2v) is 14.6. The summed E-state index contributed by atoms with van der Waals surface area (Å²) in [6.07, 6.45) is 6.18. The van der Waals surface area contributed by atoms with Gasteiger partial charge in [0, 0.05) is 81.0 Å². The molecule has 0 unspecified atom stereocenters. The van der Waals surface area contributed by atoms with Gasteiger partial charge in [0.2, 0.25) is 5.91 Å². The molecule has 2 aromatic carbocycles. The Balaban J connectivity index is 1.23. The van der Waals surface area contributed by atoms with Crippen molar-refractivity contribution in [2.75, 3.05) is 78.1 Å². The topological polar surface area (TPSA) is 111 Å². The number of anilines is 1. The number of aromatic nitrogens is 3. The third-order valence-corrected chi connectivity index (χ3v) is 11.0. The molecule has 2 aromatic heterocycles. The van der Waals surface area contributed by atoms with E-state index in [-0.39, 0.29) is 42.7 Å². The number of fused-ring (bicyclic) bond motifs is 3. The quantitative estimate of drug-likeness (QED) is 0.169. The summed E-state index contributed by atoms with van der Waals surface area (Å²) < 4.78 is 42.9. The fourth-order valence-corrected chi connectivity index (χ4v) is 8.32. The molecule has 278 valence electrons. The Kier molecular flexibility index (Phi) is 11.0. The van der Waals surface area contributed by atoms with Crippen LogP contribution < -0.4 is 9.64 Å². The van der Waals surface area contributed by atoms with Crippen molar-refractivity contribution in [2.45, 2.75) is 43.4 Å². The molecular weight excluding hydrogens is 702 g/mol. The van der Waals surface area contributed by atoms with E-state index in [4.69, 9.17) is 26.1 Å². The highest BCUT2D eigenvalue weighted by atomic mass is 35.5. The lowest BCUT2D eigenvalue weighted by Gasteiger charge is -2.41. The molecule has 0 spiro atoms. The van der Waals surface area contributed by atoms with Gasteiger partial charge in [-0.1, -0.05) is 48.0 Å². The zero-order valence-corrected chi connectivity index (χ0v) is 30.7. The number of methoxy groups -OCH3 is 1. The van der Waals surface area contributed by atoms with Gasteiger partial charge >= 0.3 is 6.01 Å². The summed E-state index contributed by atoms with van der Waals surface area (Å²) in [6, 6.07) is 12.8. The standard InChI is InChI=1S/C39H43ClF2N8O3/c1-47(19-20-52-2)15-5-11-32(51)50-18-17-48(24-28(50)12-14-43)37-30-22-44-35(29-9-3-7-26-8-4-10-31(40)33(26)29)34(42)36(30)45-38(46-37)53-25-39-13-6-16-49(39)23-27(41)21-39/h3-5,7-11,22,27-28H,6,12-13,15-21,23-25H2,1-2H3/b11-5+/t27-,28+,39+/m1/s1. The third-order valence-electron chi connectivity index (χ3n) is 10.7. The Morgan fingerprint density at radius 1 is 1.19 bits per heavy atom. The lowest BCUT2D eigenvalue weighted by molar-refractivity contribution is -0.128. The van der Waals surface area contributed by atoms with Crippen LogP contribution in [0.2, 0.25) is 5.02 Å². The van der Waals surface area contributed by atoms with Crippen LogP contribution in [0.5, 0.6) is 6.01 Å². The smallest absolute Gasteiger partial charge is 0.319 e. The molecule has 0 N–H and O–H groups in total. The van der Waals surface area contributed by atoms with Crippen molar-refractivity contribution in [3.63, 3.8) is 0 Å². The fraction of sp³-hybridized carbons (Fsp3) is 0.462. The van der Waals surface area contributed by atoms with Crippen LogP contribution in [-0.4, -0.2) is 126 Å². The van der Waals surface area contributed by atoms with E-state index in [1.165, 1.54) is 0 Å². The Hall–Kier alpha value is -4.48. The van der Waals surface area contributed by atoms with Crippen LogP contribution in [0.3, 0.4) is 0 Å². The summed E-state index contributed by atoms with van der Waals surface area (Å²) in [6.45, 7) is 4.18. The SMILES string of the molecule is COCCN(C)C/C=C/C(=O)N1CCN(c2nc(OC[C@@]34CCCN3C[C@H](F)C4)nc3c(F)c(-c4cccc5cccc(Cl)c45)ncc23)C[C@@H]1CC#N. The van der Waals surface area contributed by atoms with E-state index in [2.05, 4.69) is 20.9 Å². The number of halogens is 3. The lowest BCUT2D eigenvalue weighted by atomic mass is 9.95. The average Bonchev–Trinajstić information content (AvgIpc) is 3.68. The Bertz CT molecular complexity index is 2060. The summed E-state index contributed by atoms with van der Waals surface area (Å²) >= 11 is 6.63. The molecule has 1 amide bonds. The number of nitriles is 1. The number of carbonyl (C=O) groups excluding carboxylic acids is 1. The third kappa shape index (κ3) is 7.51. The highest BCUT2D eigenvalue weighted by Crippen LogP contribution is 2.41. The number of likely N-dealkylation sites (N-methyl/N-ethyl adjacent to an activating group) is 1. The molecule has 3 aliphatic heterocycles. The van der Waals surface area contributed by atoms with Crippen LogP contribution in [0, 0.1) is 17.1 Å². The molecule has 3 aliphatic rings. The Morgan fingerprint density at radius 3 is 2.83 bits per heavy atom. The van der Waals surface area contributed by atoms with Crippen LogP contribution in [0.1, 0.15) is 25.7 Å². The van der Waals surface area contributed by atoms with Gasteiger partial charge in [0.15, 0.2) is 5.82 Å². The first-order valence-electron chi connectivity index (χ1n) is 18.0. The van der Waals surface area contributed by atoms with E-state index in [1.807, 2.05) is 47.2 Å². The van der Waals surface area contributed by atoms with Gasteiger partial charge in [0.25, 0.3) is 0 Å². The van der Waals surface area contributed by atoms with Crippen molar-refractivity contribution >= 4 is 45.0 Å². The summed E-state index contributed by atoms with van der Waals surface area (Å²) in [5.74, 6) is -0.451. The molecule has 53 heavy (non-hydrogen) atoms. The zero-order chi connectivity index (χ0) is 37.1. The number of amides is 1. The number of alkyl halides is 1. The van der Waals surface area contributed by atoms with E-state index >= 15 is 4.39 Å². The lowest BCUT2D eigenvalue weighted by Crippen LogP contribution is -2.55. The van der Waals surface area contributed by atoms with E-state index in [9.17, 15) is 14.4 Å². The summed E-state index contributed by atoms with van der Waals surface area (Å²) in [4.78, 5) is 35.2. The van der Waals surface area contributed by atoms with Crippen molar-refractivity contribution in [3.8, 4) is 23.3 Å². The molecular formula is C39H43ClF2N8O3. The fourth-order valence-electron chi connectivity index (χ4n) is 8.04. The molecule has 4 aromatic rings. The van der Waals surface area contributed by atoms with Crippen molar-refractivity contribution in [1.29, 1.82) is 5.26 Å². The number of benzene rings is 2. The van der Waals surface area contributed by atoms with Gasteiger partial charge in [-0.15, -0.1) is 0 Å². The number of rotatable bonds is 12. The number of ether oxygens (including phenoxy) is 2. The second kappa shape index (κ2) is 15.9. The number of piperazine rings is 1. The van der Waals surface area contributed by atoms with Crippen molar-refractivity contribution in [1.82, 2.24) is 29.7 Å². The first-order chi connectivity index (χ1) is 25.7. The molecule has 0 bridgehead atoms. The molecule has 0 aliphatic carbocycles.